The molecule has 0 amide bonds. The van der Waals surface area contributed by atoms with Crippen LogP contribution in [-0.2, 0) is 4.74 Å². The Balaban J connectivity index is 2.18. The molecule has 0 unspecified atom stereocenters. The van der Waals surface area contributed by atoms with Crippen LogP contribution in [0.15, 0.2) is 16.6 Å². The van der Waals surface area contributed by atoms with E-state index >= 15 is 0 Å². The lowest BCUT2D eigenvalue weighted by Crippen LogP contribution is -2.15. The van der Waals surface area contributed by atoms with Gasteiger partial charge in [-0.05, 0) is 47.8 Å². The molecule has 0 saturated carbocycles. The standard InChI is InChI=1S/C11H13BrNO/c1-8-10(12)2-3-11(13-8)9-4-6-14-7-5-9/h2-3,9H,1,4-7H2. The van der Waals surface area contributed by atoms with Gasteiger partial charge < -0.3 is 4.74 Å². The maximum absolute atomic E-state index is 5.32. The molecule has 75 valence electrons. The molecule has 1 aromatic heterocycles. The second kappa shape index (κ2) is 4.41. The molecule has 1 fully saturated rings. The number of aromatic nitrogens is 1. The Kier molecular flexibility index (Phi) is 3.19. The number of ether oxygens (including phenoxy) is 1. The summed E-state index contributed by atoms with van der Waals surface area (Å²) in [4.78, 5) is 4.48. The van der Waals surface area contributed by atoms with E-state index in [1.54, 1.807) is 0 Å². The van der Waals surface area contributed by atoms with E-state index in [4.69, 9.17) is 4.74 Å². The minimum atomic E-state index is 0.553. The molecule has 1 aliphatic heterocycles. The molecule has 1 radical (unpaired) electrons. The predicted octanol–water partition coefficient (Wildman–Crippen LogP) is 2.92. The van der Waals surface area contributed by atoms with Gasteiger partial charge in [-0.15, -0.1) is 0 Å². The number of hydrogen-bond acceptors (Lipinski definition) is 2. The molecule has 0 N–H and O–H groups in total. The molecule has 3 heteroatoms. The van der Waals surface area contributed by atoms with Gasteiger partial charge in [0.05, 0.1) is 5.69 Å². The van der Waals surface area contributed by atoms with Crippen LogP contribution in [0.2, 0.25) is 0 Å². The van der Waals surface area contributed by atoms with Gasteiger partial charge in [-0.25, -0.2) is 0 Å². The number of pyridine rings is 1. The summed E-state index contributed by atoms with van der Waals surface area (Å²) >= 11 is 3.40. The van der Waals surface area contributed by atoms with Gasteiger partial charge in [-0.2, -0.15) is 0 Å². The first-order valence-corrected chi connectivity index (χ1v) is 5.63. The van der Waals surface area contributed by atoms with Crippen molar-refractivity contribution in [1.82, 2.24) is 4.98 Å². The maximum atomic E-state index is 5.32. The van der Waals surface area contributed by atoms with Crippen molar-refractivity contribution >= 4 is 15.9 Å². The third-order valence-electron chi connectivity index (χ3n) is 2.58. The van der Waals surface area contributed by atoms with E-state index in [1.165, 1.54) is 0 Å². The number of rotatable bonds is 1. The minimum absolute atomic E-state index is 0.553. The van der Waals surface area contributed by atoms with Gasteiger partial charge in [-0.1, -0.05) is 0 Å². The maximum Gasteiger partial charge on any atom is 0.0552 e. The van der Waals surface area contributed by atoms with Crippen LogP contribution in [0.4, 0.5) is 0 Å². The average molecular weight is 255 g/mol. The fourth-order valence-electron chi connectivity index (χ4n) is 1.72. The van der Waals surface area contributed by atoms with Gasteiger partial charge in [0.15, 0.2) is 0 Å². The molecule has 1 aromatic rings. The zero-order valence-corrected chi connectivity index (χ0v) is 9.59. The monoisotopic (exact) mass is 254 g/mol. The molecule has 0 aromatic carbocycles. The van der Waals surface area contributed by atoms with Crippen LogP contribution < -0.4 is 0 Å². The van der Waals surface area contributed by atoms with Crippen LogP contribution in [0, 0.1) is 6.92 Å². The Morgan fingerprint density at radius 1 is 1.36 bits per heavy atom. The lowest BCUT2D eigenvalue weighted by atomic mass is 9.96. The summed E-state index contributed by atoms with van der Waals surface area (Å²) in [5.41, 5.74) is 1.98. The number of halogens is 1. The van der Waals surface area contributed by atoms with E-state index in [0.29, 0.717) is 5.92 Å². The first-order valence-electron chi connectivity index (χ1n) is 4.83. The molecule has 1 saturated heterocycles. The van der Waals surface area contributed by atoms with Crippen molar-refractivity contribution in [2.24, 2.45) is 0 Å². The fraction of sp³-hybridized carbons (Fsp3) is 0.455. The molecule has 2 nitrogen and oxygen atoms in total. The van der Waals surface area contributed by atoms with Gasteiger partial charge >= 0.3 is 0 Å². The zero-order valence-electron chi connectivity index (χ0n) is 8.00. The first-order chi connectivity index (χ1) is 6.77. The van der Waals surface area contributed by atoms with Crippen molar-refractivity contribution in [1.29, 1.82) is 0 Å². The quantitative estimate of drug-likeness (QED) is 0.769. The van der Waals surface area contributed by atoms with E-state index < -0.39 is 0 Å². The number of nitrogens with zero attached hydrogens (tertiary/aromatic N) is 1. The summed E-state index contributed by atoms with van der Waals surface area (Å²) in [5, 5.41) is 0. The highest BCUT2D eigenvalue weighted by Crippen LogP contribution is 2.26. The van der Waals surface area contributed by atoms with Crippen LogP contribution in [0.3, 0.4) is 0 Å². The van der Waals surface area contributed by atoms with Gasteiger partial charge in [0.25, 0.3) is 0 Å². The smallest absolute Gasteiger partial charge is 0.0552 e. The molecular formula is C11H13BrNO. The average Bonchev–Trinajstić information content (AvgIpc) is 2.23. The molecule has 0 atom stereocenters. The molecule has 1 aliphatic rings. The van der Waals surface area contributed by atoms with E-state index in [-0.39, 0.29) is 0 Å². The van der Waals surface area contributed by atoms with Gasteiger partial charge in [0.1, 0.15) is 0 Å². The first kappa shape index (κ1) is 10.1. The Bertz CT molecular complexity index is 321. The Morgan fingerprint density at radius 2 is 2.07 bits per heavy atom. The highest BCUT2D eigenvalue weighted by Gasteiger charge is 2.17. The fourth-order valence-corrected chi connectivity index (χ4v) is 1.94. The highest BCUT2D eigenvalue weighted by molar-refractivity contribution is 9.10. The Labute approximate surface area is 92.8 Å². The Hall–Kier alpha value is -0.410. The molecule has 14 heavy (non-hydrogen) atoms. The van der Waals surface area contributed by atoms with Crippen molar-refractivity contribution in [2.45, 2.75) is 18.8 Å². The van der Waals surface area contributed by atoms with Crippen LogP contribution in [-0.4, -0.2) is 18.2 Å². The van der Waals surface area contributed by atoms with E-state index in [2.05, 4.69) is 33.9 Å². The van der Waals surface area contributed by atoms with E-state index in [1.807, 2.05) is 6.07 Å². The third-order valence-corrected chi connectivity index (χ3v) is 3.30. The summed E-state index contributed by atoms with van der Waals surface area (Å²) in [6, 6.07) is 4.11. The molecule has 0 aliphatic carbocycles. The van der Waals surface area contributed by atoms with Crippen molar-refractivity contribution < 1.29 is 4.74 Å². The molecule has 0 spiro atoms. The number of hydrogen-bond donors (Lipinski definition) is 0. The van der Waals surface area contributed by atoms with Crippen molar-refractivity contribution in [2.75, 3.05) is 13.2 Å². The van der Waals surface area contributed by atoms with E-state index in [9.17, 15) is 0 Å². The second-order valence-electron chi connectivity index (χ2n) is 3.55. The summed E-state index contributed by atoms with van der Waals surface area (Å²) in [7, 11) is 0. The van der Waals surface area contributed by atoms with Crippen LogP contribution >= 0.6 is 15.9 Å². The summed E-state index contributed by atoms with van der Waals surface area (Å²) in [6.45, 7) is 5.60. The lowest BCUT2D eigenvalue weighted by molar-refractivity contribution is 0.0845. The van der Waals surface area contributed by atoms with Crippen molar-refractivity contribution in [3.8, 4) is 0 Å². The summed E-state index contributed by atoms with van der Waals surface area (Å²) in [6.07, 6.45) is 2.15. The minimum Gasteiger partial charge on any atom is -0.381 e. The zero-order chi connectivity index (χ0) is 9.97. The molecule has 0 bridgehead atoms. The van der Waals surface area contributed by atoms with Gasteiger partial charge in [0.2, 0.25) is 0 Å². The summed E-state index contributed by atoms with van der Waals surface area (Å²) < 4.78 is 6.30. The highest BCUT2D eigenvalue weighted by atomic mass is 79.9. The molecule has 2 rings (SSSR count). The van der Waals surface area contributed by atoms with Crippen LogP contribution in [0.25, 0.3) is 0 Å². The predicted molar refractivity (Wildman–Crippen MR) is 59.2 cm³/mol. The third kappa shape index (κ3) is 2.15. The normalized spacial score (nSPS) is 18.4. The largest absolute Gasteiger partial charge is 0.381 e. The Morgan fingerprint density at radius 3 is 2.71 bits per heavy atom. The van der Waals surface area contributed by atoms with Crippen molar-refractivity contribution in [3.63, 3.8) is 0 Å². The van der Waals surface area contributed by atoms with Crippen LogP contribution in [0.5, 0.6) is 0 Å². The SMILES string of the molecule is [CH2]c1nc(C2CCOCC2)ccc1Br. The van der Waals surface area contributed by atoms with Crippen LogP contribution in [0.1, 0.15) is 30.1 Å². The van der Waals surface area contributed by atoms with E-state index in [0.717, 1.165) is 41.9 Å². The summed E-state index contributed by atoms with van der Waals surface area (Å²) in [5.74, 6) is 0.553. The lowest BCUT2D eigenvalue weighted by Gasteiger charge is -2.21. The van der Waals surface area contributed by atoms with Gasteiger partial charge in [0, 0.05) is 29.3 Å². The second-order valence-corrected chi connectivity index (χ2v) is 4.41. The topological polar surface area (TPSA) is 22.1 Å². The molecular weight excluding hydrogens is 242 g/mol. The van der Waals surface area contributed by atoms with Crippen molar-refractivity contribution in [3.05, 3.63) is 34.9 Å². The van der Waals surface area contributed by atoms with Gasteiger partial charge in [-0.3, -0.25) is 4.98 Å². The molecule has 2 heterocycles.